The fraction of sp³-hybridized carbons (Fsp3) is 1.00. The van der Waals surface area contributed by atoms with Gasteiger partial charge in [-0.1, -0.05) is 40.5 Å². The molecule has 78 valence electrons. The molecular formula is C12H25N. The predicted molar refractivity (Wildman–Crippen MR) is 58.9 cm³/mol. The minimum Gasteiger partial charge on any atom is -0.314 e. The lowest BCUT2D eigenvalue weighted by molar-refractivity contribution is 0.294. The molecule has 1 N–H and O–H groups in total. The smallest absolute Gasteiger partial charge is 0.00745 e. The van der Waals surface area contributed by atoms with Gasteiger partial charge in [0.1, 0.15) is 0 Å². The highest BCUT2D eigenvalue weighted by Gasteiger charge is 2.27. The minimum absolute atomic E-state index is 0.474. The van der Waals surface area contributed by atoms with Crippen molar-refractivity contribution in [2.24, 2.45) is 11.3 Å². The molecule has 1 fully saturated rings. The van der Waals surface area contributed by atoms with E-state index in [1.165, 1.54) is 25.7 Å². The van der Waals surface area contributed by atoms with Crippen molar-refractivity contribution >= 4 is 0 Å². The number of rotatable bonds is 5. The summed E-state index contributed by atoms with van der Waals surface area (Å²) >= 11 is 0. The average Bonchev–Trinajstić information content (AvgIpc) is 2.68. The van der Waals surface area contributed by atoms with Crippen molar-refractivity contribution < 1.29 is 0 Å². The Morgan fingerprint density at radius 1 is 1.31 bits per heavy atom. The van der Waals surface area contributed by atoms with Crippen LogP contribution in [0.2, 0.25) is 0 Å². The Morgan fingerprint density at radius 2 is 1.92 bits per heavy atom. The molecule has 0 radical (unpaired) electrons. The molecule has 0 saturated heterocycles. The Balaban J connectivity index is 2.27. The van der Waals surface area contributed by atoms with Crippen LogP contribution in [-0.4, -0.2) is 12.6 Å². The molecule has 1 heteroatoms. The topological polar surface area (TPSA) is 12.0 Å². The first-order chi connectivity index (χ1) is 6.01. The van der Waals surface area contributed by atoms with Crippen LogP contribution < -0.4 is 5.32 Å². The highest BCUT2D eigenvalue weighted by molar-refractivity contribution is 4.82. The monoisotopic (exact) mass is 183 g/mol. The van der Waals surface area contributed by atoms with Crippen LogP contribution in [0.15, 0.2) is 0 Å². The first-order valence-corrected chi connectivity index (χ1v) is 5.74. The molecule has 1 atom stereocenters. The second-order valence-corrected chi connectivity index (χ2v) is 5.70. The van der Waals surface area contributed by atoms with E-state index in [1.807, 2.05) is 0 Å². The van der Waals surface area contributed by atoms with Crippen LogP contribution in [0.1, 0.15) is 53.4 Å². The maximum atomic E-state index is 3.61. The third-order valence-corrected chi connectivity index (χ3v) is 2.67. The van der Waals surface area contributed by atoms with Gasteiger partial charge in [-0.3, -0.25) is 0 Å². The van der Waals surface area contributed by atoms with Crippen molar-refractivity contribution in [2.45, 2.75) is 59.4 Å². The zero-order valence-electron chi connectivity index (χ0n) is 9.69. The standard InChI is InChI=1S/C12H25N/c1-5-13-11(8-10-6-7-10)9-12(2,3)4/h10-11,13H,5-9H2,1-4H3. The summed E-state index contributed by atoms with van der Waals surface area (Å²) in [6.07, 6.45) is 5.68. The molecule has 1 saturated carbocycles. The summed E-state index contributed by atoms with van der Waals surface area (Å²) in [6, 6.07) is 0.762. The Hall–Kier alpha value is -0.0400. The van der Waals surface area contributed by atoms with Gasteiger partial charge in [0, 0.05) is 6.04 Å². The fourth-order valence-corrected chi connectivity index (χ4v) is 2.02. The SMILES string of the molecule is CCNC(CC1CC1)CC(C)(C)C. The number of hydrogen-bond acceptors (Lipinski definition) is 1. The number of nitrogens with one attached hydrogen (secondary N) is 1. The summed E-state index contributed by atoms with van der Waals surface area (Å²) in [7, 11) is 0. The van der Waals surface area contributed by atoms with E-state index >= 15 is 0 Å². The van der Waals surface area contributed by atoms with Gasteiger partial charge in [-0.25, -0.2) is 0 Å². The lowest BCUT2D eigenvalue weighted by Gasteiger charge is -2.26. The van der Waals surface area contributed by atoms with Gasteiger partial charge in [0.2, 0.25) is 0 Å². The van der Waals surface area contributed by atoms with Crippen LogP contribution in [0.4, 0.5) is 0 Å². The summed E-state index contributed by atoms with van der Waals surface area (Å²) in [5.41, 5.74) is 0.474. The van der Waals surface area contributed by atoms with Gasteiger partial charge in [-0.2, -0.15) is 0 Å². The summed E-state index contributed by atoms with van der Waals surface area (Å²) in [6.45, 7) is 10.3. The van der Waals surface area contributed by atoms with Crippen molar-refractivity contribution in [1.29, 1.82) is 0 Å². The van der Waals surface area contributed by atoms with Crippen LogP contribution in [0.3, 0.4) is 0 Å². The second kappa shape index (κ2) is 4.45. The van der Waals surface area contributed by atoms with Crippen LogP contribution in [0, 0.1) is 11.3 Å². The third kappa shape index (κ3) is 5.30. The first-order valence-electron chi connectivity index (χ1n) is 5.74. The highest BCUT2D eigenvalue weighted by atomic mass is 14.9. The fourth-order valence-electron chi connectivity index (χ4n) is 2.02. The van der Waals surface area contributed by atoms with E-state index in [0.717, 1.165) is 18.5 Å². The van der Waals surface area contributed by atoms with Crippen LogP contribution in [-0.2, 0) is 0 Å². The molecule has 1 aliphatic rings. The van der Waals surface area contributed by atoms with E-state index in [2.05, 4.69) is 33.0 Å². The second-order valence-electron chi connectivity index (χ2n) is 5.70. The van der Waals surface area contributed by atoms with E-state index in [4.69, 9.17) is 0 Å². The molecule has 0 amide bonds. The summed E-state index contributed by atoms with van der Waals surface area (Å²) in [4.78, 5) is 0. The molecule has 0 aromatic carbocycles. The molecule has 0 aromatic rings. The van der Waals surface area contributed by atoms with E-state index in [0.29, 0.717) is 5.41 Å². The van der Waals surface area contributed by atoms with Gasteiger partial charge in [0.25, 0.3) is 0 Å². The largest absolute Gasteiger partial charge is 0.314 e. The average molecular weight is 183 g/mol. The van der Waals surface area contributed by atoms with E-state index in [9.17, 15) is 0 Å². The molecule has 1 nitrogen and oxygen atoms in total. The normalized spacial score (nSPS) is 20.3. The van der Waals surface area contributed by atoms with E-state index < -0.39 is 0 Å². The summed E-state index contributed by atoms with van der Waals surface area (Å²) < 4.78 is 0. The molecule has 0 aromatic heterocycles. The van der Waals surface area contributed by atoms with E-state index in [-0.39, 0.29) is 0 Å². The Kier molecular flexibility index (Phi) is 3.78. The van der Waals surface area contributed by atoms with Gasteiger partial charge >= 0.3 is 0 Å². The Labute approximate surface area is 83.3 Å². The summed E-state index contributed by atoms with van der Waals surface area (Å²) in [5.74, 6) is 1.05. The van der Waals surface area contributed by atoms with Gasteiger partial charge in [0.15, 0.2) is 0 Å². The maximum absolute atomic E-state index is 3.61. The van der Waals surface area contributed by atoms with Crippen molar-refractivity contribution in [3.63, 3.8) is 0 Å². The van der Waals surface area contributed by atoms with Gasteiger partial charge in [0.05, 0.1) is 0 Å². The van der Waals surface area contributed by atoms with Crippen molar-refractivity contribution in [1.82, 2.24) is 5.32 Å². The molecule has 1 unspecified atom stereocenters. The lowest BCUT2D eigenvalue weighted by atomic mass is 9.86. The van der Waals surface area contributed by atoms with Crippen LogP contribution in [0.5, 0.6) is 0 Å². The molecule has 13 heavy (non-hydrogen) atoms. The molecule has 1 rings (SSSR count). The van der Waals surface area contributed by atoms with Crippen LogP contribution >= 0.6 is 0 Å². The molecule has 0 heterocycles. The van der Waals surface area contributed by atoms with Crippen LogP contribution in [0.25, 0.3) is 0 Å². The van der Waals surface area contributed by atoms with Crippen molar-refractivity contribution in [3.05, 3.63) is 0 Å². The van der Waals surface area contributed by atoms with Crippen molar-refractivity contribution in [3.8, 4) is 0 Å². The first kappa shape index (κ1) is 11.0. The van der Waals surface area contributed by atoms with Gasteiger partial charge in [-0.15, -0.1) is 0 Å². The minimum atomic E-state index is 0.474. The highest BCUT2D eigenvalue weighted by Crippen LogP contribution is 2.35. The predicted octanol–water partition coefficient (Wildman–Crippen LogP) is 3.20. The zero-order chi connectivity index (χ0) is 9.90. The Morgan fingerprint density at radius 3 is 2.31 bits per heavy atom. The molecular weight excluding hydrogens is 158 g/mol. The van der Waals surface area contributed by atoms with Gasteiger partial charge in [-0.05, 0) is 30.7 Å². The maximum Gasteiger partial charge on any atom is 0.00745 e. The summed E-state index contributed by atoms with van der Waals surface area (Å²) in [5, 5.41) is 3.61. The molecule has 0 bridgehead atoms. The number of hydrogen-bond donors (Lipinski definition) is 1. The quantitative estimate of drug-likeness (QED) is 0.690. The van der Waals surface area contributed by atoms with Crippen molar-refractivity contribution in [2.75, 3.05) is 6.54 Å². The van der Waals surface area contributed by atoms with E-state index in [1.54, 1.807) is 0 Å². The zero-order valence-corrected chi connectivity index (χ0v) is 9.69. The third-order valence-electron chi connectivity index (χ3n) is 2.67. The molecule has 0 spiro atoms. The molecule has 1 aliphatic carbocycles. The molecule has 0 aliphatic heterocycles. The Bertz CT molecular complexity index is 142. The lowest BCUT2D eigenvalue weighted by Crippen LogP contribution is -2.33. The van der Waals surface area contributed by atoms with Gasteiger partial charge < -0.3 is 5.32 Å².